The molecule has 1 aliphatic rings. The van der Waals surface area contributed by atoms with E-state index in [-0.39, 0.29) is 5.38 Å². The fraction of sp³-hybridized carbons (Fsp3) is 0.368. The van der Waals surface area contributed by atoms with Crippen LogP contribution in [0.25, 0.3) is 11.1 Å². The molecule has 2 aromatic carbocycles. The largest absolute Gasteiger partial charge is 0.302 e. The molecule has 0 N–H and O–H groups in total. The van der Waals surface area contributed by atoms with Crippen molar-refractivity contribution in [3.8, 4) is 11.1 Å². The molecule has 1 nitrogen and oxygen atoms in total. The fourth-order valence-corrected chi connectivity index (χ4v) is 3.33. The standard InChI is InChI=1S/C19H22ClN/c20-19(15-21-13-5-2-6-14-21)18-11-9-17(10-12-18)16-7-3-1-4-8-16/h1,3-4,7-12,19H,2,5-6,13-15H2. The Balaban J connectivity index is 1.66. The molecule has 2 heteroatoms. The van der Waals surface area contributed by atoms with E-state index >= 15 is 0 Å². The van der Waals surface area contributed by atoms with Gasteiger partial charge in [0, 0.05) is 6.54 Å². The Morgan fingerprint density at radius 1 is 0.810 bits per heavy atom. The van der Waals surface area contributed by atoms with Crippen molar-refractivity contribution in [1.82, 2.24) is 4.90 Å². The first-order valence-electron chi connectivity index (χ1n) is 7.85. The zero-order valence-electron chi connectivity index (χ0n) is 12.3. The first kappa shape index (κ1) is 14.6. The van der Waals surface area contributed by atoms with Crippen LogP contribution in [0.5, 0.6) is 0 Å². The van der Waals surface area contributed by atoms with Gasteiger partial charge in [0.15, 0.2) is 0 Å². The summed E-state index contributed by atoms with van der Waals surface area (Å²) in [6.07, 6.45) is 4.00. The van der Waals surface area contributed by atoms with Gasteiger partial charge in [-0.25, -0.2) is 0 Å². The molecule has 3 rings (SSSR count). The van der Waals surface area contributed by atoms with Crippen molar-refractivity contribution >= 4 is 11.6 Å². The highest BCUT2D eigenvalue weighted by molar-refractivity contribution is 6.21. The maximum Gasteiger partial charge on any atom is 0.0712 e. The fourth-order valence-electron chi connectivity index (χ4n) is 2.99. The van der Waals surface area contributed by atoms with Crippen LogP contribution < -0.4 is 0 Å². The van der Waals surface area contributed by atoms with Crippen LogP contribution in [0.15, 0.2) is 54.6 Å². The van der Waals surface area contributed by atoms with Crippen LogP contribution >= 0.6 is 11.6 Å². The number of nitrogens with zero attached hydrogens (tertiary/aromatic N) is 1. The molecule has 0 aromatic heterocycles. The van der Waals surface area contributed by atoms with Gasteiger partial charge in [-0.05, 0) is 42.6 Å². The smallest absolute Gasteiger partial charge is 0.0712 e. The number of piperidine rings is 1. The van der Waals surface area contributed by atoms with Gasteiger partial charge in [0.2, 0.25) is 0 Å². The number of benzene rings is 2. The van der Waals surface area contributed by atoms with Gasteiger partial charge in [-0.15, -0.1) is 11.6 Å². The molecule has 1 unspecified atom stereocenters. The lowest BCUT2D eigenvalue weighted by atomic mass is 10.0. The third-order valence-corrected chi connectivity index (χ3v) is 4.64. The third kappa shape index (κ3) is 3.87. The van der Waals surface area contributed by atoms with Gasteiger partial charge < -0.3 is 4.90 Å². The molecule has 1 aliphatic heterocycles. The average Bonchev–Trinajstić information content (AvgIpc) is 2.57. The quantitative estimate of drug-likeness (QED) is 0.708. The monoisotopic (exact) mass is 299 g/mol. The summed E-state index contributed by atoms with van der Waals surface area (Å²) < 4.78 is 0. The summed E-state index contributed by atoms with van der Waals surface area (Å²) in [4.78, 5) is 2.49. The highest BCUT2D eigenvalue weighted by Crippen LogP contribution is 2.26. The minimum absolute atomic E-state index is 0.0907. The second-order valence-electron chi connectivity index (χ2n) is 5.82. The first-order valence-corrected chi connectivity index (χ1v) is 8.28. The molecule has 110 valence electrons. The third-order valence-electron chi connectivity index (χ3n) is 4.25. The van der Waals surface area contributed by atoms with Gasteiger partial charge in [-0.2, -0.15) is 0 Å². The summed E-state index contributed by atoms with van der Waals surface area (Å²) in [7, 11) is 0. The molecule has 21 heavy (non-hydrogen) atoms. The molecule has 0 bridgehead atoms. The number of hydrogen-bond acceptors (Lipinski definition) is 1. The minimum Gasteiger partial charge on any atom is -0.302 e. The van der Waals surface area contributed by atoms with Crippen molar-refractivity contribution in [2.45, 2.75) is 24.6 Å². The van der Waals surface area contributed by atoms with E-state index in [4.69, 9.17) is 11.6 Å². The number of rotatable bonds is 4. The molecule has 1 saturated heterocycles. The second kappa shape index (κ2) is 7.11. The van der Waals surface area contributed by atoms with Crippen molar-refractivity contribution < 1.29 is 0 Å². The van der Waals surface area contributed by atoms with E-state index in [0.29, 0.717) is 0 Å². The molecular formula is C19H22ClN. The molecule has 1 fully saturated rings. The molecule has 1 heterocycles. The normalized spacial score (nSPS) is 17.6. The molecule has 0 amide bonds. The Hall–Kier alpha value is -1.31. The molecule has 0 aliphatic carbocycles. The first-order chi connectivity index (χ1) is 10.3. The number of likely N-dealkylation sites (tertiary alicyclic amines) is 1. The van der Waals surface area contributed by atoms with Crippen molar-refractivity contribution in [3.63, 3.8) is 0 Å². The summed E-state index contributed by atoms with van der Waals surface area (Å²) >= 11 is 6.60. The van der Waals surface area contributed by atoms with Crippen LogP contribution in [-0.4, -0.2) is 24.5 Å². The van der Waals surface area contributed by atoms with Crippen LogP contribution in [0.4, 0.5) is 0 Å². The lowest BCUT2D eigenvalue weighted by Gasteiger charge is -2.28. The topological polar surface area (TPSA) is 3.24 Å². The van der Waals surface area contributed by atoms with E-state index in [1.807, 2.05) is 6.07 Å². The van der Waals surface area contributed by atoms with Gasteiger partial charge in [0.25, 0.3) is 0 Å². The molecule has 0 radical (unpaired) electrons. The minimum atomic E-state index is 0.0907. The predicted molar refractivity (Wildman–Crippen MR) is 90.8 cm³/mol. The predicted octanol–water partition coefficient (Wildman–Crippen LogP) is 5.12. The zero-order valence-corrected chi connectivity index (χ0v) is 13.1. The number of hydrogen-bond donors (Lipinski definition) is 0. The van der Waals surface area contributed by atoms with E-state index in [1.165, 1.54) is 49.0 Å². The van der Waals surface area contributed by atoms with E-state index in [9.17, 15) is 0 Å². The van der Waals surface area contributed by atoms with Crippen LogP contribution in [0.2, 0.25) is 0 Å². The van der Waals surface area contributed by atoms with Crippen LogP contribution in [0.1, 0.15) is 30.2 Å². The summed E-state index contributed by atoms with van der Waals surface area (Å²) in [5, 5.41) is 0.0907. The zero-order chi connectivity index (χ0) is 14.5. The van der Waals surface area contributed by atoms with Crippen LogP contribution in [-0.2, 0) is 0 Å². The van der Waals surface area contributed by atoms with Gasteiger partial charge in [-0.1, -0.05) is 61.0 Å². The van der Waals surface area contributed by atoms with Crippen molar-refractivity contribution in [1.29, 1.82) is 0 Å². The molecule has 1 atom stereocenters. The Morgan fingerprint density at radius 3 is 2.10 bits per heavy atom. The molecule has 0 spiro atoms. The van der Waals surface area contributed by atoms with Gasteiger partial charge >= 0.3 is 0 Å². The Morgan fingerprint density at radius 2 is 1.43 bits per heavy atom. The number of halogens is 1. The van der Waals surface area contributed by atoms with Crippen molar-refractivity contribution in [2.75, 3.05) is 19.6 Å². The number of alkyl halides is 1. The summed E-state index contributed by atoms with van der Waals surface area (Å²) in [6.45, 7) is 3.36. The Bertz CT molecular complexity index is 544. The molecule has 2 aromatic rings. The molecular weight excluding hydrogens is 278 g/mol. The Kier molecular flexibility index (Phi) is 4.95. The maximum atomic E-state index is 6.60. The van der Waals surface area contributed by atoms with Crippen molar-refractivity contribution in [2.24, 2.45) is 0 Å². The average molecular weight is 300 g/mol. The molecule has 0 saturated carbocycles. The lowest BCUT2D eigenvalue weighted by Crippen LogP contribution is -2.32. The maximum absolute atomic E-state index is 6.60. The second-order valence-corrected chi connectivity index (χ2v) is 6.34. The van der Waals surface area contributed by atoms with E-state index in [1.54, 1.807) is 0 Å². The Labute approximate surface area is 132 Å². The van der Waals surface area contributed by atoms with Crippen LogP contribution in [0.3, 0.4) is 0 Å². The van der Waals surface area contributed by atoms with Gasteiger partial charge in [0.05, 0.1) is 5.38 Å². The van der Waals surface area contributed by atoms with E-state index in [2.05, 4.69) is 53.4 Å². The summed E-state index contributed by atoms with van der Waals surface area (Å²) in [5.41, 5.74) is 3.73. The van der Waals surface area contributed by atoms with Gasteiger partial charge in [0.1, 0.15) is 0 Å². The van der Waals surface area contributed by atoms with Gasteiger partial charge in [-0.3, -0.25) is 0 Å². The highest BCUT2D eigenvalue weighted by atomic mass is 35.5. The SMILES string of the molecule is ClC(CN1CCCCC1)c1ccc(-c2ccccc2)cc1. The summed E-state index contributed by atoms with van der Waals surface area (Å²) in [6, 6.07) is 19.2. The van der Waals surface area contributed by atoms with E-state index in [0.717, 1.165) is 6.54 Å². The van der Waals surface area contributed by atoms with Crippen molar-refractivity contribution in [3.05, 3.63) is 60.2 Å². The highest BCUT2D eigenvalue weighted by Gasteiger charge is 2.16. The lowest BCUT2D eigenvalue weighted by molar-refractivity contribution is 0.229. The van der Waals surface area contributed by atoms with E-state index < -0.39 is 0 Å². The summed E-state index contributed by atoms with van der Waals surface area (Å²) in [5.74, 6) is 0. The van der Waals surface area contributed by atoms with Crippen LogP contribution in [0, 0.1) is 0 Å².